The van der Waals surface area contributed by atoms with E-state index in [9.17, 15) is 43.2 Å². The fraction of sp³-hybridized carbons (Fsp3) is 0.947. The van der Waals surface area contributed by atoms with E-state index in [1.165, 1.54) is 199 Å². The maximum absolute atomic E-state index is 13.1. The summed E-state index contributed by atoms with van der Waals surface area (Å²) in [5.41, 5.74) is 0. The van der Waals surface area contributed by atoms with Crippen molar-refractivity contribution in [3.63, 3.8) is 0 Å². The number of carbonyl (C=O) groups excluding carboxylic acids is 4. The normalized spacial score (nSPS) is 14.3. The topological polar surface area (TPSA) is 237 Å². The van der Waals surface area contributed by atoms with Crippen molar-refractivity contribution in [3.8, 4) is 0 Å². The molecule has 0 aliphatic carbocycles. The van der Waals surface area contributed by atoms with E-state index in [4.69, 9.17) is 37.0 Å². The van der Waals surface area contributed by atoms with Gasteiger partial charge in [0.15, 0.2) is 12.2 Å². The molecule has 3 N–H and O–H groups in total. The van der Waals surface area contributed by atoms with Crippen LogP contribution in [0.2, 0.25) is 0 Å². The van der Waals surface area contributed by atoms with Crippen molar-refractivity contribution in [1.29, 1.82) is 0 Å². The second-order valence-corrected chi connectivity index (χ2v) is 30.7. The molecule has 0 aromatic heterocycles. The van der Waals surface area contributed by atoms with Crippen LogP contribution in [0.15, 0.2) is 0 Å². The van der Waals surface area contributed by atoms with Gasteiger partial charge in [-0.05, 0) is 37.5 Å². The number of rotatable bonds is 74. The molecule has 0 aliphatic heterocycles. The van der Waals surface area contributed by atoms with Gasteiger partial charge in [-0.3, -0.25) is 37.3 Å². The number of hydrogen-bond acceptors (Lipinski definition) is 15. The molecule has 94 heavy (non-hydrogen) atoms. The molecule has 0 aliphatic rings. The smallest absolute Gasteiger partial charge is 0.462 e. The Balaban J connectivity index is 5.25. The SMILES string of the molecule is CCCCCCCCCCCCCCCCCCC(=O)OC[C@H](COP(=O)(O)OC[C@@H](O)COP(=O)(O)OC[C@@H](COC(=O)CCCCCCCCCC(C)C)OC(=O)CCCCCCCCCCC(C)CC)OC(=O)CCCCCCCCCCCCCCCCCC. The molecule has 0 radical (unpaired) electrons. The number of esters is 4. The Morgan fingerprint density at radius 1 is 0.309 bits per heavy atom. The first-order valence-corrected chi connectivity index (χ1v) is 42.0. The van der Waals surface area contributed by atoms with Crippen LogP contribution in [-0.4, -0.2) is 96.7 Å². The van der Waals surface area contributed by atoms with Crippen LogP contribution in [0.3, 0.4) is 0 Å². The van der Waals surface area contributed by atoms with Crippen LogP contribution < -0.4 is 0 Å². The molecule has 3 unspecified atom stereocenters. The van der Waals surface area contributed by atoms with Crippen LogP contribution in [0, 0.1) is 11.8 Å². The van der Waals surface area contributed by atoms with Crippen molar-refractivity contribution >= 4 is 39.5 Å². The van der Waals surface area contributed by atoms with Crippen molar-refractivity contribution < 1.29 is 80.2 Å². The van der Waals surface area contributed by atoms with Crippen LogP contribution in [0.5, 0.6) is 0 Å². The fourth-order valence-corrected chi connectivity index (χ4v) is 13.0. The van der Waals surface area contributed by atoms with E-state index >= 15 is 0 Å². The van der Waals surface area contributed by atoms with Crippen LogP contribution >= 0.6 is 15.6 Å². The van der Waals surface area contributed by atoms with E-state index in [0.717, 1.165) is 102 Å². The first-order chi connectivity index (χ1) is 45.4. The molecule has 0 aromatic rings. The lowest BCUT2D eigenvalue weighted by Crippen LogP contribution is -2.30. The molecule has 558 valence electrons. The Morgan fingerprint density at radius 2 is 0.543 bits per heavy atom. The lowest BCUT2D eigenvalue weighted by molar-refractivity contribution is -0.161. The highest BCUT2D eigenvalue weighted by molar-refractivity contribution is 7.47. The molecule has 0 fully saturated rings. The van der Waals surface area contributed by atoms with Crippen LogP contribution in [0.4, 0.5) is 0 Å². The quantitative estimate of drug-likeness (QED) is 0.0222. The molecule has 0 rings (SSSR count). The van der Waals surface area contributed by atoms with Crippen molar-refractivity contribution in [2.45, 2.75) is 407 Å². The van der Waals surface area contributed by atoms with E-state index in [-0.39, 0.29) is 25.7 Å². The predicted molar refractivity (Wildman–Crippen MR) is 381 cm³/mol. The Bertz CT molecular complexity index is 1820. The molecule has 0 heterocycles. The zero-order valence-corrected chi connectivity index (χ0v) is 63.1. The fourth-order valence-electron chi connectivity index (χ4n) is 11.4. The van der Waals surface area contributed by atoms with Gasteiger partial charge in [-0.15, -0.1) is 0 Å². The molecular formula is C75H146O17P2. The Morgan fingerprint density at radius 3 is 0.809 bits per heavy atom. The van der Waals surface area contributed by atoms with Gasteiger partial charge in [0.05, 0.1) is 26.4 Å². The molecule has 0 spiro atoms. The summed E-state index contributed by atoms with van der Waals surface area (Å²) in [5, 5.41) is 10.6. The maximum atomic E-state index is 13.1. The minimum absolute atomic E-state index is 0.104. The highest BCUT2D eigenvalue weighted by Gasteiger charge is 2.30. The Hall–Kier alpha value is -1.94. The van der Waals surface area contributed by atoms with Gasteiger partial charge in [-0.2, -0.15) is 0 Å². The average molecular weight is 1380 g/mol. The number of phosphoric ester groups is 2. The summed E-state index contributed by atoms with van der Waals surface area (Å²) in [5.74, 6) is -0.643. The Kier molecular flexibility index (Phi) is 65.5. The number of ether oxygens (including phenoxy) is 4. The minimum Gasteiger partial charge on any atom is -0.462 e. The third-order valence-corrected chi connectivity index (χ3v) is 19.7. The molecule has 0 aromatic carbocycles. The number of aliphatic hydroxyl groups is 1. The predicted octanol–water partition coefficient (Wildman–Crippen LogP) is 21.9. The summed E-state index contributed by atoms with van der Waals surface area (Å²) in [4.78, 5) is 72.8. The van der Waals surface area contributed by atoms with Crippen molar-refractivity contribution in [3.05, 3.63) is 0 Å². The summed E-state index contributed by atoms with van der Waals surface area (Å²) >= 11 is 0. The number of phosphoric acid groups is 2. The second-order valence-electron chi connectivity index (χ2n) is 27.8. The maximum Gasteiger partial charge on any atom is 0.472 e. The van der Waals surface area contributed by atoms with Gasteiger partial charge in [-0.1, -0.05) is 337 Å². The van der Waals surface area contributed by atoms with Gasteiger partial charge in [0.1, 0.15) is 19.3 Å². The van der Waals surface area contributed by atoms with E-state index in [1.54, 1.807) is 0 Å². The summed E-state index contributed by atoms with van der Waals surface area (Å²) < 4.78 is 68.5. The molecule has 0 bridgehead atoms. The molecule has 6 atom stereocenters. The number of unbranched alkanes of at least 4 members (excludes halogenated alkanes) is 43. The highest BCUT2D eigenvalue weighted by atomic mass is 31.2. The van der Waals surface area contributed by atoms with E-state index in [2.05, 4.69) is 41.5 Å². The van der Waals surface area contributed by atoms with Crippen molar-refractivity contribution in [1.82, 2.24) is 0 Å². The molecular weight excluding hydrogens is 1230 g/mol. The molecule has 17 nitrogen and oxygen atoms in total. The van der Waals surface area contributed by atoms with Gasteiger partial charge in [0.25, 0.3) is 0 Å². The standard InChI is InChI=1S/C75H146O17P2/c1-7-10-12-14-16-18-20-22-24-26-28-30-32-39-45-51-57-72(77)85-63-70(91-74(79)59-53-47-40-33-31-29-27-25-23-21-19-17-15-13-11-8-2)65-89-93(81,82)87-61-69(76)62-88-94(83,84)90-66-71(64-86-73(78)58-52-46-42-36-37-43-49-55-67(4)5)92-75(80)60-54-48-41-35-34-38-44-50-56-68(6)9-3/h67-71,76H,7-66H2,1-6H3,(H,81,82)(H,83,84)/t68?,69-,70-,71-/m1/s1. The van der Waals surface area contributed by atoms with Gasteiger partial charge >= 0.3 is 39.5 Å². The summed E-state index contributed by atoms with van der Waals surface area (Å²) in [7, 11) is -9.91. The highest BCUT2D eigenvalue weighted by Crippen LogP contribution is 2.45. The van der Waals surface area contributed by atoms with Crippen LogP contribution in [-0.2, 0) is 65.4 Å². The summed E-state index contributed by atoms with van der Waals surface area (Å²) in [6.45, 7) is 9.53. The third kappa shape index (κ3) is 67.3. The molecule has 0 amide bonds. The van der Waals surface area contributed by atoms with Gasteiger partial charge in [-0.25, -0.2) is 9.13 Å². The lowest BCUT2D eigenvalue weighted by Gasteiger charge is -2.21. The van der Waals surface area contributed by atoms with E-state index < -0.39 is 97.5 Å². The Labute approximate surface area is 575 Å². The van der Waals surface area contributed by atoms with Crippen LogP contribution in [0.1, 0.15) is 388 Å². The zero-order chi connectivity index (χ0) is 69.3. The number of aliphatic hydroxyl groups excluding tert-OH is 1. The molecule has 0 saturated heterocycles. The second kappa shape index (κ2) is 66.9. The largest absolute Gasteiger partial charge is 0.472 e. The molecule has 0 saturated carbocycles. The molecule has 19 heteroatoms. The van der Waals surface area contributed by atoms with Crippen molar-refractivity contribution in [2.75, 3.05) is 39.6 Å². The zero-order valence-electron chi connectivity index (χ0n) is 61.3. The first-order valence-electron chi connectivity index (χ1n) is 39.0. The number of hydrogen-bond donors (Lipinski definition) is 3. The van der Waals surface area contributed by atoms with Gasteiger partial charge in [0, 0.05) is 25.7 Å². The van der Waals surface area contributed by atoms with E-state index in [1.807, 2.05) is 0 Å². The van der Waals surface area contributed by atoms with Gasteiger partial charge in [0.2, 0.25) is 0 Å². The van der Waals surface area contributed by atoms with E-state index in [0.29, 0.717) is 31.6 Å². The van der Waals surface area contributed by atoms with Gasteiger partial charge < -0.3 is 33.8 Å². The first kappa shape index (κ1) is 92.1. The van der Waals surface area contributed by atoms with Crippen LogP contribution in [0.25, 0.3) is 0 Å². The minimum atomic E-state index is -4.96. The third-order valence-electron chi connectivity index (χ3n) is 17.8. The lowest BCUT2D eigenvalue weighted by atomic mass is 9.99. The summed E-state index contributed by atoms with van der Waals surface area (Å²) in [6.07, 6.45) is 54.1. The average Bonchev–Trinajstić information content (AvgIpc) is 2.82. The monoisotopic (exact) mass is 1380 g/mol. The summed E-state index contributed by atoms with van der Waals surface area (Å²) in [6, 6.07) is 0. The number of carbonyl (C=O) groups is 4. The van der Waals surface area contributed by atoms with Crippen molar-refractivity contribution in [2.24, 2.45) is 11.8 Å².